The SMILES string of the molecule is O=C([C@@H]1CCC2(CC2)CN1)N1CCC2=C(CCc3ccccc32)C1. The van der Waals surface area contributed by atoms with Crippen LogP contribution in [0.3, 0.4) is 0 Å². The van der Waals surface area contributed by atoms with Gasteiger partial charge in [0, 0.05) is 19.6 Å². The molecule has 24 heavy (non-hydrogen) atoms. The van der Waals surface area contributed by atoms with Crippen LogP contribution in [0, 0.1) is 5.41 Å². The maximum absolute atomic E-state index is 12.9. The lowest BCUT2D eigenvalue weighted by atomic mass is 9.82. The average Bonchev–Trinajstić information content (AvgIpc) is 3.40. The maximum Gasteiger partial charge on any atom is 0.240 e. The Balaban J connectivity index is 1.31. The van der Waals surface area contributed by atoms with Crippen molar-refractivity contribution in [1.29, 1.82) is 0 Å². The number of aryl methyl sites for hydroxylation is 1. The van der Waals surface area contributed by atoms with Crippen LogP contribution in [0.15, 0.2) is 29.8 Å². The Morgan fingerprint density at radius 2 is 2.00 bits per heavy atom. The van der Waals surface area contributed by atoms with Crippen LogP contribution in [0.5, 0.6) is 0 Å². The van der Waals surface area contributed by atoms with Crippen molar-refractivity contribution >= 4 is 11.5 Å². The van der Waals surface area contributed by atoms with Gasteiger partial charge in [0.05, 0.1) is 6.04 Å². The van der Waals surface area contributed by atoms with Crippen LogP contribution in [0.2, 0.25) is 0 Å². The molecule has 2 heterocycles. The fourth-order valence-corrected chi connectivity index (χ4v) is 4.91. The molecule has 1 saturated carbocycles. The molecule has 2 aliphatic heterocycles. The number of nitrogens with one attached hydrogen (secondary N) is 1. The zero-order valence-electron chi connectivity index (χ0n) is 14.3. The number of benzene rings is 1. The first-order valence-electron chi connectivity index (χ1n) is 9.56. The molecule has 1 saturated heterocycles. The Bertz CT molecular complexity index is 706. The second-order valence-corrected chi connectivity index (χ2v) is 8.22. The maximum atomic E-state index is 12.9. The molecule has 3 nitrogen and oxygen atoms in total. The van der Waals surface area contributed by atoms with Gasteiger partial charge in [0.15, 0.2) is 0 Å². The first-order valence-corrected chi connectivity index (χ1v) is 9.56. The van der Waals surface area contributed by atoms with Crippen molar-refractivity contribution in [2.75, 3.05) is 19.6 Å². The summed E-state index contributed by atoms with van der Waals surface area (Å²) in [7, 11) is 0. The van der Waals surface area contributed by atoms with Crippen molar-refractivity contribution in [2.24, 2.45) is 5.41 Å². The van der Waals surface area contributed by atoms with Gasteiger partial charge in [-0.2, -0.15) is 0 Å². The Morgan fingerprint density at radius 3 is 2.79 bits per heavy atom. The molecule has 126 valence electrons. The van der Waals surface area contributed by atoms with Crippen molar-refractivity contribution < 1.29 is 4.79 Å². The van der Waals surface area contributed by atoms with Crippen LogP contribution in [0.1, 0.15) is 49.7 Å². The van der Waals surface area contributed by atoms with Crippen LogP contribution in [0.25, 0.3) is 5.57 Å². The summed E-state index contributed by atoms with van der Waals surface area (Å²) in [6, 6.07) is 8.88. The molecule has 1 atom stereocenters. The second-order valence-electron chi connectivity index (χ2n) is 8.22. The third-order valence-electron chi connectivity index (χ3n) is 6.73. The lowest BCUT2D eigenvalue weighted by Crippen LogP contribution is -2.52. The molecule has 5 rings (SSSR count). The fourth-order valence-electron chi connectivity index (χ4n) is 4.91. The summed E-state index contributed by atoms with van der Waals surface area (Å²) in [6.07, 6.45) is 8.27. The summed E-state index contributed by atoms with van der Waals surface area (Å²) < 4.78 is 0. The van der Waals surface area contributed by atoms with Crippen LogP contribution in [-0.4, -0.2) is 36.5 Å². The summed E-state index contributed by atoms with van der Waals surface area (Å²) in [5.74, 6) is 0.343. The van der Waals surface area contributed by atoms with Gasteiger partial charge in [0.1, 0.15) is 0 Å². The minimum atomic E-state index is 0.0641. The molecule has 0 aromatic heterocycles. The van der Waals surface area contributed by atoms with Crippen LogP contribution in [-0.2, 0) is 11.2 Å². The van der Waals surface area contributed by atoms with E-state index in [9.17, 15) is 4.79 Å². The molecule has 1 spiro atoms. The molecule has 1 aromatic rings. The molecule has 4 aliphatic rings. The summed E-state index contributed by atoms with van der Waals surface area (Å²) in [5, 5.41) is 3.55. The van der Waals surface area contributed by atoms with Gasteiger partial charge in [0.25, 0.3) is 0 Å². The van der Waals surface area contributed by atoms with Gasteiger partial charge in [-0.25, -0.2) is 0 Å². The van der Waals surface area contributed by atoms with Gasteiger partial charge < -0.3 is 10.2 Å². The topological polar surface area (TPSA) is 32.3 Å². The molecule has 2 fully saturated rings. The molecule has 0 bridgehead atoms. The van der Waals surface area contributed by atoms with Crippen LogP contribution < -0.4 is 5.32 Å². The summed E-state index contributed by atoms with van der Waals surface area (Å²) in [4.78, 5) is 15.1. The molecule has 3 heteroatoms. The number of nitrogens with zero attached hydrogens (tertiary/aromatic N) is 1. The Hall–Kier alpha value is -1.61. The highest BCUT2D eigenvalue weighted by Crippen LogP contribution is 2.51. The summed E-state index contributed by atoms with van der Waals surface area (Å²) >= 11 is 0. The molecular formula is C21H26N2O. The summed E-state index contributed by atoms with van der Waals surface area (Å²) in [5.41, 5.74) is 6.52. The number of carbonyl (C=O) groups is 1. The third-order valence-corrected chi connectivity index (χ3v) is 6.73. The number of rotatable bonds is 1. The van der Waals surface area contributed by atoms with E-state index in [-0.39, 0.29) is 6.04 Å². The molecule has 1 aromatic carbocycles. The Labute approximate surface area is 144 Å². The number of hydrogen-bond acceptors (Lipinski definition) is 2. The van der Waals surface area contributed by atoms with E-state index in [0.29, 0.717) is 11.3 Å². The molecule has 1 amide bonds. The standard InChI is InChI=1S/C21H26N2O/c24-20(19-7-9-21(10-11-21)14-22-19)23-12-8-18-16(13-23)6-5-15-3-1-2-4-17(15)18/h1-4,19,22H,5-14H2/t19-/m0/s1. The van der Waals surface area contributed by atoms with Gasteiger partial charge in [0.2, 0.25) is 5.91 Å². The van der Waals surface area contributed by atoms with E-state index in [1.165, 1.54) is 41.5 Å². The van der Waals surface area contributed by atoms with Crippen molar-refractivity contribution in [3.8, 4) is 0 Å². The highest BCUT2D eigenvalue weighted by atomic mass is 16.2. The molecular weight excluding hydrogens is 296 g/mol. The lowest BCUT2D eigenvalue weighted by Gasteiger charge is -2.38. The van der Waals surface area contributed by atoms with E-state index in [0.717, 1.165) is 45.3 Å². The third kappa shape index (κ3) is 2.41. The van der Waals surface area contributed by atoms with E-state index >= 15 is 0 Å². The zero-order chi connectivity index (χ0) is 16.1. The number of piperidine rings is 1. The van der Waals surface area contributed by atoms with E-state index < -0.39 is 0 Å². The summed E-state index contributed by atoms with van der Waals surface area (Å²) in [6.45, 7) is 2.79. The van der Waals surface area contributed by atoms with E-state index in [4.69, 9.17) is 0 Å². The van der Waals surface area contributed by atoms with Crippen molar-refractivity contribution in [1.82, 2.24) is 10.2 Å². The fraction of sp³-hybridized carbons (Fsp3) is 0.571. The minimum Gasteiger partial charge on any atom is -0.337 e. The van der Waals surface area contributed by atoms with E-state index in [1.54, 1.807) is 0 Å². The largest absolute Gasteiger partial charge is 0.337 e. The number of amides is 1. The molecule has 1 N–H and O–H groups in total. The van der Waals surface area contributed by atoms with Crippen LogP contribution >= 0.6 is 0 Å². The highest BCUT2D eigenvalue weighted by molar-refractivity contribution is 5.84. The second kappa shape index (κ2) is 5.45. The first-order chi connectivity index (χ1) is 11.7. The van der Waals surface area contributed by atoms with Gasteiger partial charge >= 0.3 is 0 Å². The number of fused-ring (bicyclic) bond motifs is 2. The predicted molar refractivity (Wildman–Crippen MR) is 95.6 cm³/mol. The smallest absolute Gasteiger partial charge is 0.240 e. The molecule has 0 unspecified atom stereocenters. The molecule has 0 radical (unpaired) electrons. The Morgan fingerprint density at radius 1 is 1.12 bits per heavy atom. The van der Waals surface area contributed by atoms with Gasteiger partial charge in [-0.15, -0.1) is 0 Å². The minimum absolute atomic E-state index is 0.0641. The highest BCUT2D eigenvalue weighted by Gasteiger charge is 2.46. The first kappa shape index (κ1) is 14.7. The normalized spacial score (nSPS) is 27.7. The lowest BCUT2D eigenvalue weighted by molar-refractivity contribution is -0.134. The van der Waals surface area contributed by atoms with Crippen LogP contribution in [0.4, 0.5) is 0 Å². The van der Waals surface area contributed by atoms with Gasteiger partial charge in [-0.1, -0.05) is 24.3 Å². The quantitative estimate of drug-likeness (QED) is 0.861. The van der Waals surface area contributed by atoms with Crippen molar-refractivity contribution in [3.63, 3.8) is 0 Å². The average molecular weight is 322 g/mol. The molecule has 2 aliphatic carbocycles. The van der Waals surface area contributed by atoms with E-state index in [2.05, 4.69) is 34.5 Å². The van der Waals surface area contributed by atoms with Gasteiger partial charge in [-0.3, -0.25) is 4.79 Å². The predicted octanol–water partition coefficient (Wildman–Crippen LogP) is 3.15. The number of carbonyl (C=O) groups excluding carboxylic acids is 1. The van der Waals surface area contributed by atoms with Crippen molar-refractivity contribution in [3.05, 3.63) is 41.0 Å². The monoisotopic (exact) mass is 322 g/mol. The zero-order valence-corrected chi connectivity index (χ0v) is 14.3. The number of hydrogen-bond donors (Lipinski definition) is 1. The van der Waals surface area contributed by atoms with E-state index in [1.807, 2.05) is 0 Å². The van der Waals surface area contributed by atoms with Crippen molar-refractivity contribution in [2.45, 2.75) is 51.0 Å². The Kier molecular flexibility index (Phi) is 3.34. The van der Waals surface area contributed by atoms with Gasteiger partial charge in [-0.05, 0) is 72.6 Å².